The number of ether oxygens (including phenoxy) is 1. The largest absolute Gasteiger partial charge is 0.496 e. The Morgan fingerprint density at radius 1 is 1.32 bits per heavy atom. The average molecular weight is 276 g/mol. The van der Waals surface area contributed by atoms with Crippen LogP contribution in [0.4, 0.5) is 0 Å². The number of rotatable bonds is 4. The van der Waals surface area contributed by atoms with Crippen molar-refractivity contribution in [3.05, 3.63) is 35.5 Å². The summed E-state index contributed by atoms with van der Waals surface area (Å²) < 4.78 is 7.35. The maximum atomic E-state index is 5.47. The van der Waals surface area contributed by atoms with Crippen LogP contribution in [0.15, 0.2) is 24.3 Å². The van der Waals surface area contributed by atoms with Crippen LogP contribution in [0, 0.1) is 0 Å². The van der Waals surface area contributed by atoms with Crippen LogP contribution >= 0.6 is 12.6 Å². The third-order valence-corrected chi connectivity index (χ3v) is 3.58. The topological polar surface area (TPSA) is 27.1 Å². The van der Waals surface area contributed by atoms with Gasteiger partial charge < -0.3 is 4.74 Å². The third kappa shape index (κ3) is 2.78. The number of methoxy groups -OCH3 is 1. The molecule has 2 rings (SSSR count). The lowest BCUT2D eigenvalue weighted by Gasteiger charge is -2.12. The quantitative estimate of drug-likeness (QED) is 0.863. The van der Waals surface area contributed by atoms with E-state index in [1.54, 1.807) is 7.11 Å². The molecule has 0 fully saturated rings. The fraction of sp³-hybridized carbons (Fsp3) is 0.400. The molecule has 3 nitrogen and oxygen atoms in total. The van der Waals surface area contributed by atoms with E-state index in [0.717, 1.165) is 22.7 Å². The molecule has 0 aliphatic carbocycles. The van der Waals surface area contributed by atoms with Crippen molar-refractivity contribution in [1.29, 1.82) is 0 Å². The second kappa shape index (κ2) is 5.70. The van der Waals surface area contributed by atoms with Crippen molar-refractivity contribution in [1.82, 2.24) is 9.78 Å². The van der Waals surface area contributed by atoms with Gasteiger partial charge in [-0.1, -0.05) is 19.9 Å². The molecule has 2 aromatic rings. The van der Waals surface area contributed by atoms with Crippen molar-refractivity contribution in [2.75, 3.05) is 7.11 Å². The van der Waals surface area contributed by atoms with Crippen molar-refractivity contribution in [3.8, 4) is 17.0 Å². The molecular formula is C15H20N2OS. The van der Waals surface area contributed by atoms with Gasteiger partial charge in [-0.2, -0.15) is 17.7 Å². The molecule has 0 aliphatic rings. The Morgan fingerprint density at radius 3 is 2.58 bits per heavy atom. The second-order valence-corrected chi connectivity index (χ2v) is 5.23. The molecular weight excluding hydrogens is 256 g/mol. The fourth-order valence-electron chi connectivity index (χ4n) is 2.14. The Morgan fingerprint density at radius 2 is 2.05 bits per heavy atom. The Labute approximate surface area is 120 Å². The van der Waals surface area contributed by atoms with Gasteiger partial charge in [0.15, 0.2) is 0 Å². The van der Waals surface area contributed by atoms with E-state index in [2.05, 4.69) is 49.8 Å². The van der Waals surface area contributed by atoms with Gasteiger partial charge in [0.25, 0.3) is 0 Å². The summed E-state index contributed by atoms with van der Waals surface area (Å²) in [6.45, 7) is 4.38. The Kier molecular flexibility index (Phi) is 4.20. The maximum Gasteiger partial charge on any atom is 0.128 e. The summed E-state index contributed by atoms with van der Waals surface area (Å²) in [6, 6.07) is 8.39. The first kappa shape index (κ1) is 14.0. The van der Waals surface area contributed by atoms with E-state index in [0.29, 0.717) is 11.7 Å². The van der Waals surface area contributed by atoms with E-state index in [4.69, 9.17) is 4.74 Å². The smallest absolute Gasteiger partial charge is 0.128 e. The van der Waals surface area contributed by atoms with Crippen LogP contribution in [0.2, 0.25) is 0 Å². The highest BCUT2D eigenvalue weighted by Gasteiger charge is 2.13. The molecule has 0 saturated carbocycles. The first-order chi connectivity index (χ1) is 9.06. The van der Waals surface area contributed by atoms with Crippen LogP contribution in [0.1, 0.15) is 31.0 Å². The number of aryl methyl sites for hydroxylation is 1. The zero-order chi connectivity index (χ0) is 14.0. The second-order valence-electron chi connectivity index (χ2n) is 4.92. The number of thiol groups is 1. The Balaban J connectivity index is 2.57. The van der Waals surface area contributed by atoms with Gasteiger partial charge >= 0.3 is 0 Å². The summed E-state index contributed by atoms with van der Waals surface area (Å²) in [5.41, 5.74) is 4.40. The molecule has 0 saturated heterocycles. The number of hydrogen-bond acceptors (Lipinski definition) is 3. The molecule has 102 valence electrons. The average Bonchev–Trinajstić information content (AvgIpc) is 2.79. The van der Waals surface area contributed by atoms with Crippen LogP contribution in [-0.2, 0) is 12.8 Å². The summed E-state index contributed by atoms with van der Waals surface area (Å²) >= 11 is 4.28. The van der Waals surface area contributed by atoms with Gasteiger partial charge in [-0.25, -0.2) is 0 Å². The van der Waals surface area contributed by atoms with Crippen molar-refractivity contribution in [3.63, 3.8) is 0 Å². The maximum absolute atomic E-state index is 5.47. The lowest BCUT2D eigenvalue weighted by Crippen LogP contribution is -1.98. The van der Waals surface area contributed by atoms with Crippen LogP contribution in [0.25, 0.3) is 11.3 Å². The van der Waals surface area contributed by atoms with E-state index in [1.807, 2.05) is 17.8 Å². The highest BCUT2D eigenvalue weighted by molar-refractivity contribution is 7.79. The van der Waals surface area contributed by atoms with E-state index in [9.17, 15) is 0 Å². The third-order valence-electron chi connectivity index (χ3n) is 3.26. The molecule has 0 spiro atoms. The first-order valence-electron chi connectivity index (χ1n) is 6.39. The van der Waals surface area contributed by atoms with E-state index in [-0.39, 0.29) is 0 Å². The van der Waals surface area contributed by atoms with Gasteiger partial charge in [0, 0.05) is 18.4 Å². The Bertz CT molecular complexity index is 576. The van der Waals surface area contributed by atoms with Gasteiger partial charge in [0.05, 0.1) is 18.5 Å². The van der Waals surface area contributed by atoms with Crippen LogP contribution in [0.3, 0.4) is 0 Å². The normalized spacial score (nSPS) is 11.1. The zero-order valence-electron chi connectivity index (χ0n) is 11.8. The predicted octanol–water partition coefficient (Wildman–Crippen LogP) is 3.65. The minimum atomic E-state index is 0.488. The molecule has 0 unspecified atom stereocenters. The monoisotopic (exact) mass is 276 g/mol. The lowest BCUT2D eigenvalue weighted by atomic mass is 9.99. The molecule has 0 N–H and O–H groups in total. The van der Waals surface area contributed by atoms with Crippen LogP contribution in [-0.4, -0.2) is 16.9 Å². The molecule has 0 atom stereocenters. The summed E-state index contributed by atoms with van der Waals surface area (Å²) in [5, 5.41) is 4.44. The lowest BCUT2D eigenvalue weighted by molar-refractivity contribution is 0.416. The van der Waals surface area contributed by atoms with Crippen LogP contribution in [0.5, 0.6) is 5.75 Å². The van der Waals surface area contributed by atoms with Crippen molar-refractivity contribution in [2.45, 2.75) is 25.5 Å². The molecule has 0 amide bonds. The van der Waals surface area contributed by atoms with Gasteiger partial charge in [-0.3, -0.25) is 4.68 Å². The number of hydrogen-bond donors (Lipinski definition) is 1. The van der Waals surface area contributed by atoms with E-state index in [1.165, 1.54) is 5.56 Å². The molecule has 4 heteroatoms. The molecule has 0 aliphatic heterocycles. The summed E-state index contributed by atoms with van der Waals surface area (Å²) in [6.07, 6.45) is 0. The minimum Gasteiger partial charge on any atom is -0.496 e. The highest BCUT2D eigenvalue weighted by Crippen LogP contribution is 2.33. The highest BCUT2D eigenvalue weighted by atomic mass is 32.1. The summed E-state index contributed by atoms with van der Waals surface area (Å²) in [4.78, 5) is 0. The van der Waals surface area contributed by atoms with Crippen molar-refractivity contribution < 1.29 is 4.74 Å². The fourth-order valence-corrected chi connectivity index (χ4v) is 2.30. The molecule has 1 aromatic carbocycles. The molecule has 1 heterocycles. The summed E-state index contributed by atoms with van der Waals surface area (Å²) in [5.74, 6) is 2.00. The van der Waals surface area contributed by atoms with E-state index < -0.39 is 0 Å². The SMILES string of the molecule is COc1ccc(C(C)C)cc1-c1cc(CS)nn1C. The van der Waals surface area contributed by atoms with Gasteiger partial charge in [0.1, 0.15) is 5.75 Å². The first-order valence-corrected chi connectivity index (χ1v) is 7.02. The van der Waals surface area contributed by atoms with Crippen molar-refractivity contribution in [2.24, 2.45) is 7.05 Å². The number of benzene rings is 1. The zero-order valence-corrected chi connectivity index (χ0v) is 12.7. The molecule has 0 radical (unpaired) electrons. The Hall–Kier alpha value is -1.42. The van der Waals surface area contributed by atoms with E-state index >= 15 is 0 Å². The summed E-state index contributed by atoms with van der Waals surface area (Å²) in [7, 11) is 3.65. The van der Waals surface area contributed by atoms with Crippen molar-refractivity contribution >= 4 is 12.6 Å². The predicted molar refractivity (Wildman–Crippen MR) is 82.0 cm³/mol. The minimum absolute atomic E-state index is 0.488. The molecule has 0 bridgehead atoms. The van der Waals surface area contributed by atoms with Crippen LogP contribution < -0.4 is 4.74 Å². The standard InChI is InChI=1S/C15H20N2OS/c1-10(2)11-5-6-15(18-4)13(7-11)14-8-12(9-19)16-17(14)3/h5-8,10,19H,9H2,1-4H3. The molecule has 1 aromatic heterocycles. The van der Waals surface area contributed by atoms with Gasteiger partial charge in [0.2, 0.25) is 0 Å². The van der Waals surface area contributed by atoms with Gasteiger partial charge in [-0.15, -0.1) is 0 Å². The number of nitrogens with zero attached hydrogens (tertiary/aromatic N) is 2. The number of aromatic nitrogens is 2. The molecule has 19 heavy (non-hydrogen) atoms. The van der Waals surface area contributed by atoms with Gasteiger partial charge in [-0.05, 0) is 29.7 Å².